The van der Waals surface area contributed by atoms with E-state index in [0.717, 1.165) is 0 Å². The number of esters is 1. The summed E-state index contributed by atoms with van der Waals surface area (Å²) in [5.74, 6) is -0.587. The first-order valence-electron chi connectivity index (χ1n) is 14.7. The number of hydrogen-bond donors (Lipinski definition) is 2. The number of benzene rings is 1. The average molecular weight is 652 g/mol. The molecule has 2 aromatic heterocycles. The number of amides is 3. The second kappa shape index (κ2) is 12.6. The molecule has 3 aromatic rings. The van der Waals surface area contributed by atoms with E-state index in [0.29, 0.717) is 45.3 Å². The number of ether oxygens (including phenoxy) is 4. The minimum absolute atomic E-state index is 0.0434. The largest absolute Gasteiger partial charge is 0.497 e. The van der Waals surface area contributed by atoms with Gasteiger partial charge in [-0.15, -0.1) is 17.9 Å². The maximum absolute atomic E-state index is 13.7. The highest BCUT2D eigenvalue weighted by atomic mass is 32.1. The van der Waals surface area contributed by atoms with Crippen LogP contribution in [0.15, 0.2) is 42.3 Å². The summed E-state index contributed by atoms with van der Waals surface area (Å²) in [4.78, 5) is 61.9. The lowest BCUT2D eigenvalue weighted by molar-refractivity contribution is -0.147. The van der Waals surface area contributed by atoms with E-state index < -0.39 is 41.3 Å². The minimum Gasteiger partial charge on any atom is -0.497 e. The molecule has 1 saturated carbocycles. The number of hydrogen-bond acceptors (Lipinski definition) is 11. The van der Waals surface area contributed by atoms with Crippen LogP contribution < -0.4 is 20.1 Å². The van der Waals surface area contributed by atoms with Crippen LogP contribution in [0, 0.1) is 5.92 Å². The first kappa shape index (κ1) is 32.7. The Hall–Kier alpha value is -4.72. The number of pyridine rings is 1. The Morgan fingerprint density at radius 2 is 1.89 bits per heavy atom. The van der Waals surface area contributed by atoms with E-state index in [1.54, 1.807) is 57.5 Å². The highest BCUT2D eigenvalue weighted by molar-refractivity contribution is 7.14. The minimum atomic E-state index is -1.23. The summed E-state index contributed by atoms with van der Waals surface area (Å²) in [5, 5.41) is 8.38. The van der Waals surface area contributed by atoms with Gasteiger partial charge in [0.05, 0.1) is 32.0 Å². The monoisotopic (exact) mass is 651 g/mol. The number of methoxy groups -OCH3 is 2. The van der Waals surface area contributed by atoms with Crippen LogP contribution in [-0.4, -0.2) is 82.8 Å². The van der Waals surface area contributed by atoms with Crippen molar-refractivity contribution in [2.75, 3.05) is 26.1 Å². The Morgan fingerprint density at radius 1 is 1.13 bits per heavy atom. The molecule has 1 unspecified atom stereocenters. The van der Waals surface area contributed by atoms with E-state index in [4.69, 9.17) is 23.9 Å². The lowest BCUT2D eigenvalue weighted by Gasteiger charge is -2.28. The van der Waals surface area contributed by atoms with Gasteiger partial charge < -0.3 is 29.6 Å². The zero-order valence-electron chi connectivity index (χ0n) is 26.5. The van der Waals surface area contributed by atoms with Crippen LogP contribution in [0.5, 0.6) is 11.5 Å². The number of likely N-dealkylation sites (tertiary alicyclic amines) is 1. The molecule has 0 bridgehead atoms. The van der Waals surface area contributed by atoms with Gasteiger partial charge in [-0.05, 0) is 39.3 Å². The van der Waals surface area contributed by atoms with Crippen LogP contribution >= 0.6 is 11.3 Å². The van der Waals surface area contributed by atoms with Crippen LogP contribution in [0.2, 0.25) is 0 Å². The Balaban J connectivity index is 1.47. The van der Waals surface area contributed by atoms with Gasteiger partial charge in [-0.25, -0.2) is 19.6 Å². The third kappa shape index (κ3) is 6.76. The third-order valence-corrected chi connectivity index (χ3v) is 8.47. The van der Waals surface area contributed by atoms with Crippen LogP contribution in [0.3, 0.4) is 0 Å². The lowest BCUT2D eigenvalue weighted by Crippen LogP contribution is -2.53. The molecular formula is C32H37N5O8S. The number of carbonyl (C=O) groups is 4. The molecule has 1 saturated heterocycles. The van der Waals surface area contributed by atoms with Crippen LogP contribution in [0.4, 0.5) is 9.93 Å². The van der Waals surface area contributed by atoms with E-state index in [-0.39, 0.29) is 24.8 Å². The van der Waals surface area contributed by atoms with E-state index in [1.807, 2.05) is 6.07 Å². The van der Waals surface area contributed by atoms with Gasteiger partial charge in [-0.1, -0.05) is 6.08 Å². The average Bonchev–Trinajstić information content (AvgIpc) is 3.28. The quantitative estimate of drug-likeness (QED) is 0.252. The number of rotatable bonds is 9. The van der Waals surface area contributed by atoms with E-state index >= 15 is 0 Å². The zero-order valence-corrected chi connectivity index (χ0v) is 27.4. The Morgan fingerprint density at radius 3 is 2.52 bits per heavy atom. The summed E-state index contributed by atoms with van der Waals surface area (Å²) < 4.78 is 22.6. The summed E-state index contributed by atoms with van der Waals surface area (Å²) in [6.45, 7) is 10.4. The number of nitrogens with one attached hydrogen (secondary N) is 2. The van der Waals surface area contributed by atoms with Crippen molar-refractivity contribution in [1.82, 2.24) is 20.2 Å². The maximum Gasteiger partial charge on any atom is 0.411 e. The van der Waals surface area contributed by atoms with Gasteiger partial charge >= 0.3 is 12.1 Å². The molecular weight excluding hydrogens is 614 g/mol. The predicted octanol–water partition coefficient (Wildman–Crippen LogP) is 4.32. The molecule has 1 aliphatic heterocycles. The van der Waals surface area contributed by atoms with Gasteiger partial charge in [0, 0.05) is 42.2 Å². The molecule has 2 aliphatic rings. The molecule has 0 spiro atoms. The SMILES string of the molecule is C=C[C@H]1C[C@]1(NC(=O)[C@@H]1CC(Oc2cc(-c3csc(NC(C)=O)n3)nc3cc(OC)ccc23)CN1C(=O)OC(C)(C)C)C(=O)OC. The molecule has 13 nitrogen and oxygen atoms in total. The molecule has 244 valence electrons. The van der Waals surface area contributed by atoms with Crippen molar-refractivity contribution >= 4 is 51.2 Å². The second-order valence-electron chi connectivity index (χ2n) is 12.2. The number of carbonyl (C=O) groups excluding carboxylic acids is 4. The molecule has 1 aliphatic carbocycles. The van der Waals surface area contributed by atoms with Crippen molar-refractivity contribution in [3.63, 3.8) is 0 Å². The maximum atomic E-state index is 13.7. The highest BCUT2D eigenvalue weighted by Crippen LogP contribution is 2.45. The van der Waals surface area contributed by atoms with E-state index in [1.165, 1.54) is 30.3 Å². The fourth-order valence-electron chi connectivity index (χ4n) is 5.45. The summed E-state index contributed by atoms with van der Waals surface area (Å²) in [5.41, 5.74) is -0.458. The van der Waals surface area contributed by atoms with Crippen molar-refractivity contribution in [3.8, 4) is 22.9 Å². The number of fused-ring (bicyclic) bond motifs is 1. The Bertz CT molecular complexity index is 1700. The summed E-state index contributed by atoms with van der Waals surface area (Å²) in [6.07, 6.45) is 0.771. The summed E-state index contributed by atoms with van der Waals surface area (Å²) in [7, 11) is 2.82. The fourth-order valence-corrected chi connectivity index (χ4v) is 6.20. The normalized spacial score (nSPS) is 22.1. The zero-order chi connectivity index (χ0) is 33.4. The standard InChI is InChI=1S/C32H37N5O8S/c1-8-18-14-32(18,28(40)43-7)36-27(39)25-12-20(15-37(25)30(41)45-31(3,4)5)44-26-13-23(24-16-46-29(35-24)33-17(2)38)34-22-11-19(42-6)9-10-21(22)26/h8-11,13,16,18,20,25H,1,12,14-15H2,2-7H3,(H,36,39)(H,33,35,38)/t18-,20?,25-,32+/m0/s1. The highest BCUT2D eigenvalue weighted by Gasteiger charge is 2.62. The second-order valence-corrected chi connectivity index (χ2v) is 13.1. The molecule has 2 N–H and O–H groups in total. The van der Waals surface area contributed by atoms with Gasteiger partial charge in [0.25, 0.3) is 0 Å². The lowest BCUT2D eigenvalue weighted by atomic mass is 10.1. The molecule has 4 atom stereocenters. The number of aromatic nitrogens is 2. The van der Waals surface area contributed by atoms with Crippen LogP contribution in [0.1, 0.15) is 40.5 Å². The molecule has 46 heavy (non-hydrogen) atoms. The first-order chi connectivity index (χ1) is 21.8. The van der Waals surface area contributed by atoms with Crippen molar-refractivity contribution in [1.29, 1.82) is 0 Å². The topological polar surface area (TPSA) is 158 Å². The number of nitrogens with zero attached hydrogens (tertiary/aromatic N) is 3. The number of thiazole rings is 1. The molecule has 3 heterocycles. The molecule has 14 heteroatoms. The van der Waals surface area contributed by atoms with Gasteiger partial charge in [0.2, 0.25) is 11.8 Å². The Labute approximate surface area is 270 Å². The molecule has 2 fully saturated rings. The van der Waals surface area contributed by atoms with Crippen LogP contribution in [-0.2, 0) is 23.9 Å². The van der Waals surface area contributed by atoms with Gasteiger partial charge in [0.1, 0.15) is 40.5 Å². The molecule has 1 aromatic carbocycles. The van der Waals surface area contributed by atoms with E-state index in [9.17, 15) is 19.2 Å². The molecule has 3 amide bonds. The predicted molar refractivity (Wildman–Crippen MR) is 171 cm³/mol. The summed E-state index contributed by atoms with van der Waals surface area (Å²) in [6, 6.07) is 6.11. The first-order valence-corrected chi connectivity index (χ1v) is 15.6. The van der Waals surface area contributed by atoms with E-state index in [2.05, 4.69) is 22.2 Å². The van der Waals surface area contributed by atoms with Crippen molar-refractivity contribution < 1.29 is 38.1 Å². The van der Waals surface area contributed by atoms with Gasteiger partial charge in [-0.3, -0.25) is 14.5 Å². The number of anilines is 1. The van der Waals surface area contributed by atoms with Crippen molar-refractivity contribution in [3.05, 3.63) is 42.3 Å². The third-order valence-electron chi connectivity index (χ3n) is 7.71. The van der Waals surface area contributed by atoms with Crippen LogP contribution in [0.25, 0.3) is 22.3 Å². The van der Waals surface area contributed by atoms with Gasteiger partial charge in [-0.2, -0.15) is 0 Å². The van der Waals surface area contributed by atoms with Crippen molar-refractivity contribution in [2.45, 2.75) is 63.8 Å². The molecule has 0 radical (unpaired) electrons. The Kier molecular flexibility index (Phi) is 8.94. The fraction of sp³-hybridized carbons (Fsp3) is 0.438. The molecule has 5 rings (SSSR count). The smallest absolute Gasteiger partial charge is 0.411 e. The van der Waals surface area contributed by atoms with Gasteiger partial charge in [0.15, 0.2) is 5.13 Å². The summed E-state index contributed by atoms with van der Waals surface area (Å²) >= 11 is 1.26. The van der Waals surface area contributed by atoms with Crippen molar-refractivity contribution in [2.24, 2.45) is 5.92 Å².